The third-order valence-electron chi connectivity index (χ3n) is 2.44. The van der Waals surface area contributed by atoms with Gasteiger partial charge in [0.05, 0.1) is 14.2 Å². The van der Waals surface area contributed by atoms with Crippen LogP contribution in [0.15, 0.2) is 17.9 Å². The summed E-state index contributed by atoms with van der Waals surface area (Å²) in [4.78, 5) is 22.2. The van der Waals surface area contributed by atoms with Gasteiger partial charge in [-0.2, -0.15) is 0 Å². The summed E-state index contributed by atoms with van der Waals surface area (Å²) in [7, 11) is 2.77. The highest BCUT2D eigenvalue weighted by molar-refractivity contribution is 6.09. The number of aromatic hydroxyl groups is 1. The predicted molar refractivity (Wildman–Crippen MR) is 63.8 cm³/mol. The molecule has 7 nitrogen and oxygen atoms in total. The lowest BCUT2D eigenvalue weighted by molar-refractivity contribution is -0.116. The maximum absolute atomic E-state index is 11.3. The zero-order chi connectivity index (χ0) is 14.0. The normalized spacial score (nSPS) is 16.2. The summed E-state index contributed by atoms with van der Waals surface area (Å²) in [6.07, 6.45) is 0.513. The van der Waals surface area contributed by atoms with Crippen molar-refractivity contribution in [2.45, 2.75) is 0 Å². The number of benzene rings is 1. The number of alkyl carbamates (subject to hydrolysis) is 1. The molecule has 0 aliphatic carbocycles. The second-order valence-corrected chi connectivity index (χ2v) is 3.63. The SMILES string of the molecule is COc1cc(C=C2OC(=O)NC2=O)cc(OC)c1O. The number of imide groups is 1. The Bertz CT molecular complexity index is 553. The van der Waals surface area contributed by atoms with Crippen LogP contribution in [0.4, 0.5) is 4.79 Å². The summed E-state index contributed by atoms with van der Waals surface area (Å²) in [5, 5.41) is 11.7. The molecule has 1 aromatic carbocycles. The van der Waals surface area contributed by atoms with E-state index in [9.17, 15) is 14.7 Å². The lowest BCUT2D eigenvalue weighted by Crippen LogP contribution is -2.18. The van der Waals surface area contributed by atoms with Crippen LogP contribution in [0.2, 0.25) is 0 Å². The first-order chi connectivity index (χ1) is 9.05. The Morgan fingerprint density at radius 1 is 1.21 bits per heavy atom. The Labute approximate surface area is 108 Å². The molecule has 0 aromatic heterocycles. The number of hydrogen-bond acceptors (Lipinski definition) is 6. The molecular formula is C12H11NO6. The molecule has 2 rings (SSSR count). The summed E-state index contributed by atoms with van der Waals surface area (Å²) in [5.41, 5.74) is 0.478. The topological polar surface area (TPSA) is 94.1 Å². The molecule has 0 radical (unpaired) electrons. The molecule has 0 bridgehead atoms. The average Bonchev–Trinajstić information content (AvgIpc) is 2.69. The Balaban J connectivity index is 2.43. The van der Waals surface area contributed by atoms with E-state index in [1.807, 2.05) is 5.32 Å². The molecule has 1 aliphatic rings. The molecule has 1 aliphatic heterocycles. The molecule has 1 aromatic rings. The van der Waals surface area contributed by atoms with E-state index >= 15 is 0 Å². The summed E-state index contributed by atoms with van der Waals surface area (Å²) >= 11 is 0. The monoisotopic (exact) mass is 265 g/mol. The molecule has 0 unspecified atom stereocenters. The van der Waals surface area contributed by atoms with E-state index in [0.29, 0.717) is 5.56 Å². The van der Waals surface area contributed by atoms with Gasteiger partial charge in [-0.1, -0.05) is 0 Å². The lowest BCUT2D eigenvalue weighted by Gasteiger charge is -2.09. The molecule has 0 spiro atoms. The van der Waals surface area contributed by atoms with Gasteiger partial charge in [0.2, 0.25) is 5.75 Å². The highest BCUT2D eigenvalue weighted by Gasteiger charge is 2.26. The number of ether oxygens (including phenoxy) is 3. The molecule has 0 atom stereocenters. The van der Waals surface area contributed by atoms with Crippen molar-refractivity contribution in [3.05, 3.63) is 23.5 Å². The Morgan fingerprint density at radius 2 is 1.79 bits per heavy atom. The first-order valence-corrected chi connectivity index (χ1v) is 5.25. The van der Waals surface area contributed by atoms with Crippen LogP contribution in [-0.4, -0.2) is 31.3 Å². The van der Waals surface area contributed by atoms with Crippen molar-refractivity contribution in [1.29, 1.82) is 0 Å². The molecule has 1 saturated heterocycles. The molecule has 1 fully saturated rings. The van der Waals surface area contributed by atoms with Gasteiger partial charge in [0.1, 0.15) is 0 Å². The van der Waals surface area contributed by atoms with E-state index in [-0.39, 0.29) is 23.0 Å². The van der Waals surface area contributed by atoms with Gasteiger partial charge in [0.25, 0.3) is 5.91 Å². The zero-order valence-electron chi connectivity index (χ0n) is 10.2. The number of rotatable bonds is 3. The smallest absolute Gasteiger partial charge is 0.419 e. The largest absolute Gasteiger partial charge is 0.502 e. The number of amides is 2. The fourth-order valence-corrected chi connectivity index (χ4v) is 1.57. The number of hydrogen-bond donors (Lipinski definition) is 2. The van der Waals surface area contributed by atoms with Crippen molar-refractivity contribution in [2.24, 2.45) is 0 Å². The number of nitrogens with one attached hydrogen (secondary N) is 1. The second-order valence-electron chi connectivity index (χ2n) is 3.63. The number of phenolic OH excluding ortho intramolecular Hbond substituents is 1. The average molecular weight is 265 g/mol. The molecule has 2 amide bonds. The van der Waals surface area contributed by atoms with E-state index in [1.54, 1.807) is 0 Å². The standard InChI is InChI=1S/C12H11NO6/c1-17-7-3-6(4-8(18-2)10(7)14)5-9-11(15)13-12(16)19-9/h3-5,14H,1-2H3,(H,13,15,16). The third kappa shape index (κ3) is 2.44. The summed E-state index contributed by atoms with van der Waals surface area (Å²) < 4.78 is 14.6. The van der Waals surface area contributed by atoms with Gasteiger partial charge in [-0.05, 0) is 23.8 Å². The molecule has 7 heteroatoms. The lowest BCUT2D eigenvalue weighted by atomic mass is 10.1. The molecular weight excluding hydrogens is 254 g/mol. The number of methoxy groups -OCH3 is 2. The fourth-order valence-electron chi connectivity index (χ4n) is 1.57. The fraction of sp³-hybridized carbons (Fsp3) is 0.167. The highest BCUT2D eigenvalue weighted by atomic mass is 16.6. The number of carbonyl (C=O) groups is 2. The van der Waals surface area contributed by atoms with Crippen molar-refractivity contribution in [3.8, 4) is 17.2 Å². The van der Waals surface area contributed by atoms with Crippen molar-refractivity contribution in [2.75, 3.05) is 14.2 Å². The van der Waals surface area contributed by atoms with E-state index < -0.39 is 12.0 Å². The minimum atomic E-state index is -0.825. The first-order valence-electron chi connectivity index (χ1n) is 5.25. The number of cyclic esters (lactones) is 1. The van der Waals surface area contributed by atoms with Gasteiger partial charge in [0, 0.05) is 0 Å². The van der Waals surface area contributed by atoms with Crippen LogP contribution in [0.3, 0.4) is 0 Å². The third-order valence-corrected chi connectivity index (χ3v) is 2.44. The first kappa shape index (κ1) is 12.7. The van der Waals surface area contributed by atoms with Gasteiger partial charge >= 0.3 is 6.09 Å². The van der Waals surface area contributed by atoms with Gasteiger partial charge in [-0.15, -0.1) is 0 Å². The van der Waals surface area contributed by atoms with E-state index in [2.05, 4.69) is 4.74 Å². The maximum atomic E-state index is 11.3. The minimum Gasteiger partial charge on any atom is -0.502 e. The van der Waals surface area contributed by atoms with Gasteiger partial charge in [0.15, 0.2) is 17.3 Å². The van der Waals surface area contributed by atoms with Crippen molar-refractivity contribution < 1.29 is 28.9 Å². The summed E-state index contributed by atoms with van der Waals surface area (Å²) in [5.74, 6) is -0.567. The molecule has 100 valence electrons. The van der Waals surface area contributed by atoms with Gasteiger partial charge in [-0.25, -0.2) is 4.79 Å². The van der Waals surface area contributed by atoms with Crippen LogP contribution >= 0.6 is 0 Å². The van der Waals surface area contributed by atoms with Crippen molar-refractivity contribution in [3.63, 3.8) is 0 Å². The summed E-state index contributed by atoms with van der Waals surface area (Å²) in [6.45, 7) is 0. The second kappa shape index (κ2) is 4.89. The van der Waals surface area contributed by atoms with E-state index in [0.717, 1.165) is 0 Å². The Kier molecular flexibility index (Phi) is 3.28. The van der Waals surface area contributed by atoms with Crippen molar-refractivity contribution >= 4 is 18.1 Å². The van der Waals surface area contributed by atoms with Crippen molar-refractivity contribution in [1.82, 2.24) is 5.32 Å². The van der Waals surface area contributed by atoms with Crippen LogP contribution in [0.25, 0.3) is 6.08 Å². The Hall–Kier alpha value is -2.70. The van der Waals surface area contributed by atoms with Crippen LogP contribution < -0.4 is 14.8 Å². The Morgan fingerprint density at radius 3 is 2.21 bits per heavy atom. The van der Waals surface area contributed by atoms with Crippen LogP contribution in [0, 0.1) is 0 Å². The molecule has 2 N–H and O–H groups in total. The zero-order valence-corrected chi connectivity index (χ0v) is 10.2. The van der Waals surface area contributed by atoms with Gasteiger partial charge < -0.3 is 19.3 Å². The highest BCUT2D eigenvalue weighted by Crippen LogP contribution is 2.37. The van der Waals surface area contributed by atoms with Crippen LogP contribution in [-0.2, 0) is 9.53 Å². The minimum absolute atomic E-state index is 0.139. The number of carbonyl (C=O) groups excluding carboxylic acids is 2. The maximum Gasteiger partial charge on any atom is 0.419 e. The van der Waals surface area contributed by atoms with E-state index in [1.165, 1.54) is 32.4 Å². The summed E-state index contributed by atoms with van der Waals surface area (Å²) in [6, 6.07) is 2.95. The van der Waals surface area contributed by atoms with Gasteiger partial charge in [-0.3, -0.25) is 10.1 Å². The van der Waals surface area contributed by atoms with Crippen LogP contribution in [0.1, 0.15) is 5.56 Å². The number of phenols is 1. The molecule has 1 heterocycles. The molecule has 19 heavy (non-hydrogen) atoms. The van der Waals surface area contributed by atoms with Crippen LogP contribution in [0.5, 0.6) is 17.2 Å². The van der Waals surface area contributed by atoms with E-state index in [4.69, 9.17) is 9.47 Å². The predicted octanol–water partition coefficient (Wildman–Crippen LogP) is 1.02. The molecule has 0 saturated carbocycles. The quantitative estimate of drug-likeness (QED) is 0.792.